The Bertz CT molecular complexity index is 603. The molecule has 24 heavy (non-hydrogen) atoms. The summed E-state index contributed by atoms with van der Waals surface area (Å²) in [5.74, 6) is -1.72. The van der Waals surface area contributed by atoms with E-state index in [1.54, 1.807) is 13.8 Å². The van der Waals surface area contributed by atoms with E-state index in [4.69, 9.17) is 0 Å². The Kier molecular flexibility index (Phi) is 7.08. The molecule has 2 N–H and O–H groups in total. The number of rotatable bonds is 5. The van der Waals surface area contributed by atoms with Crippen molar-refractivity contribution >= 4 is 29.7 Å². The lowest BCUT2D eigenvalue weighted by atomic mass is 10.2. The highest BCUT2D eigenvalue weighted by Gasteiger charge is 2.29. The number of halogens is 3. The van der Waals surface area contributed by atoms with Crippen LogP contribution in [0.5, 0.6) is 0 Å². The van der Waals surface area contributed by atoms with E-state index in [2.05, 4.69) is 10.1 Å². The van der Waals surface area contributed by atoms with Gasteiger partial charge in [0.15, 0.2) is 6.61 Å². The standard InChI is InChI=1S/C14H15F3N2O4S/c1-8(2)18-13(22)19-11(20)7-23-12(21)9-3-5-10(6-4-9)24-14(15,16)17/h3-6,8H,7H2,1-2H3,(H2,18,19,20,22). The Morgan fingerprint density at radius 2 is 1.75 bits per heavy atom. The van der Waals surface area contributed by atoms with Crippen LogP contribution in [0.4, 0.5) is 18.0 Å². The molecule has 0 unspecified atom stereocenters. The summed E-state index contributed by atoms with van der Waals surface area (Å²) in [6.07, 6.45) is 0. The largest absolute Gasteiger partial charge is 0.452 e. The van der Waals surface area contributed by atoms with Gasteiger partial charge in [-0.25, -0.2) is 9.59 Å². The van der Waals surface area contributed by atoms with Crippen LogP contribution >= 0.6 is 11.8 Å². The molecule has 1 aromatic rings. The molecule has 0 aliphatic carbocycles. The number of ether oxygens (including phenoxy) is 1. The van der Waals surface area contributed by atoms with Crippen LogP contribution in [-0.2, 0) is 9.53 Å². The van der Waals surface area contributed by atoms with Gasteiger partial charge in [0.05, 0.1) is 5.56 Å². The molecule has 0 fully saturated rings. The Balaban J connectivity index is 2.48. The minimum absolute atomic E-state index is 0.0130. The number of imide groups is 1. The number of thioether (sulfide) groups is 1. The summed E-state index contributed by atoms with van der Waals surface area (Å²) in [4.78, 5) is 34.3. The maximum Gasteiger partial charge on any atom is 0.446 e. The topological polar surface area (TPSA) is 84.5 Å². The summed E-state index contributed by atoms with van der Waals surface area (Å²) in [6, 6.07) is 3.64. The number of esters is 1. The zero-order valence-electron chi connectivity index (χ0n) is 12.8. The third-order valence-electron chi connectivity index (χ3n) is 2.33. The summed E-state index contributed by atoms with van der Waals surface area (Å²) < 4.78 is 41.2. The first-order chi connectivity index (χ1) is 11.1. The molecule has 6 nitrogen and oxygen atoms in total. The quantitative estimate of drug-likeness (QED) is 0.620. The van der Waals surface area contributed by atoms with Crippen LogP contribution in [-0.4, -0.2) is 36.1 Å². The molecule has 1 rings (SSSR count). The zero-order valence-corrected chi connectivity index (χ0v) is 13.6. The van der Waals surface area contributed by atoms with Crippen molar-refractivity contribution in [2.24, 2.45) is 0 Å². The molecule has 0 aliphatic rings. The summed E-state index contributed by atoms with van der Waals surface area (Å²) in [6.45, 7) is 2.71. The van der Waals surface area contributed by atoms with Crippen molar-refractivity contribution in [1.29, 1.82) is 0 Å². The first kappa shape index (κ1) is 19.8. The van der Waals surface area contributed by atoms with Gasteiger partial charge in [-0.1, -0.05) is 0 Å². The number of benzene rings is 1. The molecule has 132 valence electrons. The van der Waals surface area contributed by atoms with E-state index < -0.39 is 30.0 Å². The Morgan fingerprint density at radius 3 is 2.25 bits per heavy atom. The van der Waals surface area contributed by atoms with E-state index >= 15 is 0 Å². The average Bonchev–Trinajstić information content (AvgIpc) is 2.42. The molecule has 0 atom stereocenters. The molecular weight excluding hydrogens is 349 g/mol. The third-order valence-corrected chi connectivity index (χ3v) is 3.07. The van der Waals surface area contributed by atoms with Crippen LogP contribution in [0.3, 0.4) is 0 Å². The highest BCUT2D eigenvalue weighted by molar-refractivity contribution is 8.00. The summed E-state index contributed by atoms with van der Waals surface area (Å²) in [5.41, 5.74) is -4.43. The third kappa shape index (κ3) is 7.86. The van der Waals surface area contributed by atoms with Crippen molar-refractivity contribution in [2.45, 2.75) is 30.3 Å². The summed E-state index contributed by atoms with van der Waals surface area (Å²) in [5, 5.41) is 4.37. The van der Waals surface area contributed by atoms with E-state index in [0.717, 1.165) is 24.3 Å². The van der Waals surface area contributed by atoms with Crippen LogP contribution in [0.2, 0.25) is 0 Å². The zero-order chi connectivity index (χ0) is 18.3. The van der Waals surface area contributed by atoms with Gasteiger partial charge in [-0.15, -0.1) is 0 Å². The number of hydrogen-bond donors (Lipinski definition) is 2. The molecule has 0 aliphatic heterocycles. The number of nitrogens with one attached hydrogen (secondary N) is 2. The van der Waals surface area contributed by atoms with Gasteiger partial charge in [0.1, 0.15) is 0 Å². The molecule has 1 aromatic carbocycles. The Labute approximate surface area is 140 Å². The highest BCUT2D eigenvalue weighted by atomic mass is 32.2. The lowest BCUT2D eigenvalue weighted by Crippen LogP contribution is -2.44. The fourth-order valence-corrected chi connectivity index (χ4v) is 2.01. The lowest BCUT2D eigenvalue weighted by molar-refractivity contribution is -0.123. The average molecular weight is 364 g/mol. The first-order valence-electron chi connectivity index (χ1n) is 6.70. The predicted molar refractivity (Wildman–Crippen MR) is 80.4 cm³/mol. The van der Waals surface area contributed by atoms with Crippen molar-refractivity contribution in [3.63, 3.8) is 0 Å². The predicted octanol–water partition coefficient (Wildman–Crippen LogP) is 2.69. The Hall–Kier alpha value is -2.23. The molecule has 0 bridgehead atoms. The van der Waals surface area contributed by atoms with E-state index in [1.807, 2.05) is 5.32 Å². The second kappa shape index (κ2) is 8.57. The van der Waals surface area contributed by atoms with Crippen LogP contribution in [0, 0.1) is 0 Å². The van der Waals surface area contributed by atoms with Crippen molar-refractivity contribution in [3.05, 3.63) is 29.8 Å². The molecule has 0 radical (unpaired) electrons. The van der Waals surface area contributed by atoms with Gasteiger partial charge >= 0.3 is 17.5 Å². The summed E-state index contributed by atoms with van der Waals surface area (Å²) in [7, 11) is 0. The molecule has 0 spiro atoms. The monoisotopic (exact) mass is 364 g/mol. The van der Waals surface area contributed by atoms with E-state index in [1.165, 1.54) is 0 Å². The molecular formula is C14H15F3N2O4S. The number of hydrogen-bond acceptors (Lipinski definition) is 5. The number of carbonyl (C=O) groups is 3. The number of alkyl halides is 3. The van der Waals surface area contributed by atoms with Crippen LogP contribution in [0.15, 0.2) is 29.2 Å². The van der Waals surface area contributed by atoms with E-state index in [-0.39, 0.29) is 28.3 Å². The first-order valence-corrected chi connectivity index (χ1v) is 7.52. The molecule has 0 aromatic heterocycles. The number of amides is 3. The van der Waals surface area contributed by atoms with Gasteiger partial charge in [0.25, 0.3) is 5.91 Å². The maximum atomic E-state index is 12.2. The van der Waals surface area contributed by atoms with E-state index in [0.29, 0.717) is 0 Å². The number of urea groups is 1. The van der Waals surface area contributed by atoms with Crippen LogP contribution < -0.4 is 10.6 Å². The highest BCUT2D eigenvalue weighted by Crippen LogP contribution is 2.36. The SMILES string of the molecule is CC(C)NC(=O)NC(=O)COC(=O)c1ccc(SC(F)(F)F)cc1. The fraction of sp³-hybridized carbons (Fsp3) is 0.357. The van der Waals surface area contributed by atoms with E-state index in [9.17, 15) is 27.6 Å². The van der Waals surface area contributed by atoms with Crippen molar-refractivity contribution in [2.75, 3.05) is 6.61 Å². The van der Waals surface area contributed by atoms with Gasteiger partial charge < -0.3 is 10.1 Å². The smallest absolute Gasteiger partial charge is 0.446 e. The Morgan fingerprint density at radius 1 is 1.17 bits per heavy atom. The van der Waals surface area contributed by atoms with Crippen molar-refractivity contribution in [3.8, 4) is 0 Å². The molecule has 0 heterocycles. The van der Waals surface area contributed by atoms with Crippen LogP contribution in [0.1, 0.15) is 24.2 Å². The van der Waals surface area contributed by atoms with Gasteiger partial charge in [-0.2, -0.15) is 13.2 Å². The van der Waals surface area contributed by atoms with Crippen molar-refractivity contribution in [1.82, 2.24) is 10.6 Å². The fourth-order valence-electron chi connectivity index (χ4n) is 1.47. The second-order valence-electron chi connectivity index (χ2n) is 4.82. The second-order valence-corrected chi connectivity index (χ2v) is 5.96. The number of carbonyl (C=O) groups excluding carboxylic acids is 3. The summed E-state index contributed by atoms with van der Waals surface area (Å²) >= 11 is -0.310. The van der Waals surface area contributed by atoms with Gasteiger partial charge in [0, 0.05) is 10.9 Å². The lowest BCUT2D eigenvalue weighted by Gasteiger charge is -2.09. The van der Waals surface area contributed by atoms with Crippen molar-refractivity contribution < 1.29 is 32.3 Å². The van der Waals surface area contributed by atoms with Crippen LogP contribution in [0.25, 0.3) is 0 Å². The molecule has 3 amide bonds. The van der Waals surface area contributed by atoms with Gasteiger partial charge in [0.2, 0.25) is 0 Å². The normalized spacial score (nSPS) is 11.1. The van der Waals surface area contributed by atoms with Gasteiger partial charge in [-0.05, 0) is 49.9 Å². The maximum absolute atomic E-state index is 12.2. The van der Waals surface area contributed by atoms with Gasteiger partial charge in [-0.3, -0.25) is 10.1 Å². The molecule has 10 heteroatoms. The molecule has 0 saturated heterocycles. The minimum atomic E-state index is -4.42. The minimum Gasteiger partial charge on any atom is -0.452 e. The molecule has 0 saturated carbocycles.